The minimum absolute atomic E-state index is 0.00105. The van der Waals surface area contributed by atoms with E-state index in [1.54, 1.807) is 6.07 Å². The van der Waals surface area contributed by atoms with E-state index >= 15 is 0 Å². The first-order valence-electron chi connectivity index (χ1n) is 6.74. The summed E-state index contributed by atoms with van der Waals surface area (Å²) in [6.45, 7) is 0. The van der Waals surface area contributed by atoms with Gasteiger partial charge in [0, 0.05) is 27.2 Å². The van der Waals surface area contributed by atoms with Crippen LogP contribution in [-0.4, -0.2) is 20.5 Å². The molecule has 2 atom stereocenters. The third-order valence-corrected chi connectivity index (χ3v) is 6.49. The monoisotopic (exact) mass is 291 g/mol. The lowest BCUT2D eigenvalue weighted by molar-refractivity contribution is 0.0902. The summed E-state index contributed by atoms with van der Waals surface area (Å²) in [4.78, 5) is 12.5. The van der Waals surface area contributed by atoms with Gasteiger partial charge in [-0.1, -0.05) is 6.07 Å². The SMILES string of the molecule is N#Cc1cccc(C(=O)C2CC3CCC(C2)S3=O)c1F. The molecule has 104 valence electrons. The predicted octanol–water partition coefficient (Wildman–Crippen LogP) is 2.57. The number of nitrogens with zero attached hydrogens (tertiary/aromatic N) is 1. The maximum Gasteiger partial charge on any atom is 0.169 e. The normalized spacial score (nSPS) is 31.8. The number of halogens is 1. The minimum atomic E-state index is -0.822. The highest BCUT2D eigenvalue weighted by atomic mass is 32.2. The lowest BCUT2D eigenvalue weighted by Crippen LogP contribution is -2.32. The number of carbonyl (C=O) groups excluding carboxylic acids is 1. The summed E-state index contributed by atoms with van der Waals surface area (Å²) in [5.74, 6) is -1.22. The van der Waals surface area contributed by atoms with Gasteiger partial charge in [0.2, 0.25) is 0 Å². The molecule has 2 heterocycles. The van der Waals surface area contributed by atoms with E-state index in [9.17, 15) is 13.4 Å². The summed E-state index contributed by atoms with van der Waals surface area (Å²) in [6.07, 6.45) is 2.97. The van der Waals surface area contributed by atoms with Crippen LogP contribution in [0.1, 0.15) is 41.6 Å². The molecule has 0 saturated carbocycles. The standard InChI is InChI=1S/C15H14FNO2S/c16-14-9(8-17)2-1-3-13(14)15(18)10-6-11-4-5-12(7-10)20(11)19/h1-3,10-12H,4-7H2. The average Bonchev–Trinajstić information content (AvgIpc) is 2.68. The molecule has 0 N–H and O–H groups in total. The molecule has 0 aliphatic carbocycles. The Balaban J connectivity index is 1.88. The molecule has 2 aliphatic heterocycles. The summed E-state index contributed by atoms with van der Waals surface area (Å²) < 4.78 is 26.0. The highest BCUT2D eigenvalue weighted by Crippen LogP contribution is 2.40. The molecule has 3 rings (SSSR count). The lowest BCUT2D eigenvalue weighted by atomic mass is 9.89. The molecular formula is C15H14FNO2S. The van der Waals surface area contributed by atoms with Crippen molar-refractivity contribution < 1.29 is 13.4 Å². The Kier molecular flexibility index (Phi) is 3.43. The van der Waals surface area contributed by atoms with Gasteiger partial charge in [-0.25, -0.2) is 4.39 Å². The number of hydrogen-bond acceptors (Lipinski definition) is 3. The van der Waals surface area contributed by atoms with E-state index in [4.69, 9.17) is 5.26 Å². The molecule has 2 fully saturated rings. The first-order chi connectivity index (χ1) is 9.61. The van der Waals surface area contributed by atoms with Crippen LogP contribution in [0.25, 0.3) is 0 Å². The number of benzene rings is 1. The molecule has 2 saturated heterocycles. The first kappa shape index (κ1) is 13.4. The van der Waals surface area contributed by atoms with Gasteiger partial charge in [0.1, 0.15) is 6.07 Å². The molecule has 0 spiro atoms. The highest BCUT2D eigenvalue weighted by molar-refractivity contribution is 7.86. The van der Waals surface area contributed by atoms with Crippen LogP contribution < -0.4 is 0 Å². The number of rotatable bonds is 2. The van der Waals surface area contributed by atoms with Crippen LogP contribution >= 0.6 is 0 Å². The number of Topliss-reactive ketones (excluding diaryl/α,β-unsaturated/α-hetero) is 1. The van der Waals surface area contributed by atoms with Gasteiger partial charge >= 0.3 is 0 Å². The smallest absolute Gasteiger partial charge is 0.169 e. The van der Waals surface area contributed by atoms with Crippen LogP contribution in [0.15, 0.2) is 18.2 Å². The molecule has 5 heteroatoms. The third kappa shape index (κ3) is 2.08. The third-order valence-electron chi connectivity index (χ3n) is 4.32. The van der Waals surface area contributed by atoms with E-state index in [0.717, 1.165) is 12.8 Å². The number of hydrogen-bond donors (Lipinski definition) is 0. The van der Waals surface area contributed by atoms with E-state index in [-0.39, 0.29) is 33.3 Å². The number of fused-ring (bicyclic) bond motifs is 2. The lowest BCUT2D eigenvalue weighted by Gasteiger charge is -2.26. The van der Waals surface area contributed by atoms with Crippen molar-refractivity contribution in [2.75, 3.05) is 0 Å². The Labute approximate surface area is 119 Å². The molecule has 0 amide bonds. The van der Waals surface area contributed by atoms with Crippen LogP contribution in [-0.2, 0) is 10.8 Å². The van der Waals surface area contributed by atoms with Crippen LogP contribution in [0.2, 0.25) is 0 Å². The fourth-order valence-corrected chi connectivity index (χ4v) is 5.40. The van der Waals surface area contributed by atoms with Crippen molar-refractivity contribution >= 4 is 16.6 Å². The van der Waals surface area contributed by atoms with Crippen molar-refractivity contribution in [3.63, 3.8) is 0 Å². The Hall–Kier alpha value is -1.54. The number of carbonyl (C=O) groups is 1. The second kappa shape index (κ2) is 5.10. The zero-order valence-corrected chi connectivity index (χ0v) is 11.7. The highest BCUT2D eigenvalue weighted by Gasteiger charge is 2.43. The molecule has 2 unspecified atom stereocenters. The molecular weight excluding hydrogens is 277 g/mol. The van der Waals surface area contributed by atoms with Crippen molar-refractivity contribution in [1.29, 1.82) is 5.26 Å². The molecule has 2 aliphatic rings. The van der Waals surface area contributed by atoms with Crippen molar-refractivity contribution in [2.45, 2.75) is 36.2 Å². The molecule has 1 aromatic carbocycles. The van der Waals surface area contributed by atoms with E-state index < -0.39 is 16.6 Å². The van der Waals surface area contributed by atoms with E-state index in [0.29, 0.717) is 12.8 Å². The summed E-state index contributed by atoms with van der Waals surface area (Å²) in [6, 6.07) is 6.09. The topological polar surface area (TPSA) is 57.9 Å². The molecule has 20 heavy (non-hydrogen) atoms. The Bertz CT molecular complexity index is 621. The summed E-state index contributed by atoms with van der Waals surface area (Å²) in [5, 5.41) is 9.00. The van der Waals surface area contributed by atoms with E-state index in [1.165, 1.54) is 18.2 Å². The van der Waals surface area contributed by atoms with Gasteiger partial charge in [-0.15, -0.1) is 0 Å². The van der Waals surface area contributed by atoms with Gasteiger partial charge < -0.3 is 0 Å². The predicted molar refractivity (Wildman–Crippen MR) is 73.1 cm³/mol. The van der Waals surface area contributed by atoms with Crippen LogP contribution in [0.4, 0.5) is 4.39 Å². The fourth-order valence-electron chi connectivity index (χ4n) is 3.28. The maximum atomic E-state index is 14.1. The Morgan fingerprint density at radius 3 is 2.55 bits per heavy atom. The van der Waals surface area contributed by atoms with Crippen LogP contribution in [0.3, 0.4) is 0 Å². The zero-order valence-electron chi connectivity index (χ0n) is 10.8. The molecule has 1 aromatic rings. The second-order valence-electron chi connectivity index (χ2n) is 5.46. The van der Waals surface area contributed by atoms with E-state index in [2.05, 4.69) is 0 Å². The molecule has 2 bridgehead atoms. The van der Waals surface area contributed by atoms with Crippen molar-refractivity contribution in [3.8, 4) is 6.07 Å². The molecule has 0 radical (unpaired) electrons. The van der Waals surface area contributed by atoms with Crippen molar-refractivity contribution in [3.05, 3.63) is 35.1 Å². The van der Waals surface area contributed by atoms with Gasteiger partial charge in [-0.05, 0) is 37.8 Å². The Morgan fingerprint density at radius 2 is 1.95 bits per heavy atom. The largest absolute Gasteiger partial charge is 0.294 e. The maximum absolute atomic E-state index is 14.1. The van der Waals surface area contributed by atoms with Gasteiger partial charge in [-0.2, -0.15) is 5.26 Å². The number of nitriles is 1. The van der Waals surface area contributed by atoms with Crippen molar-refractivity contribution in [2.24, 2.45) is 5.92 Å². The Morgan fingerprint density at radius 1 is 1.30 bits per heavy atom. The summed E-state index contributed by atoms with van der Waals surface area (Å²) >= 11 is 0. The quantitative estimate of drug-likeness (QED) is 0.787. The van der Waals surface area contributed by atoms with Crippen LogP contribution in [0.5, 0.6) is 0 Å². The number of ketones is 1. The van der Waals surface area contributed by atoms with Gasteiger partial charge in [0.25, 0.3) is 0 Å². The fraction of sp³-hybridized carbons (Fsp3) is 0.467. The molecule has 3 nitrogen and oxygen atoms in total. The van der Waals surface area contributed by atoms with Gasteiger partial charge in [0.15, 0.2) is 11.6 Å². The van der Waals surface area contributed by atoms with E-state index in [1.807, 2.05) is 0 Å². The first-order valence-corrected chi connectivity index (χ1v) is 8.01. The van der Waals surface area contributed by atoms with Crippen molar-refractivity contribution in [1.82, 2.24) is 0 Å². The van der Waals surface area contributed by atoms with Gasteiger partial charge in [-0.3, -0.25) is 9.00 Å². The second-order valence-corrected chi connectivity index (χ2v) is 7.45. The van der Waals surface area contributed by atoms with Gasteiger partial charge in [0.05, 0.1) is 11.1 Å². The summed E-state index contributed by atoms with van der Waals surface area (Å²) in [5.41, 5.74) is -0.0978. The van der Waals surface area contributed by atoms with Crippen LogP contribution in [0, 0.1) is 23.1 Å². The minimum Gasteiger partial charge on any atom is -0.294 e. The average molecular weight is 291 g/mol. The zero-order chi connectivity index (χ0) is 14.3. The summed E-state index contributed by atoms with van der Waals surface area (Å²) in [7, 11) is -0.822. The molecule has 0 aromatic heterocycles.